The zero-order chi connectivity index (χ0) is 39.4. The summed E-state index contributed by atoms with van der Waals surface area (Å²) >= 11 is 0. The van der Waals surface area contributed by atoms with Crippen molar-refractivity contribution in [3.63, 3.8) is 0 Å². The van der Waals surface area contributed by atoms with E-state index in [9.17, 15) is 0 Å². The molecular weight excluding hydrogens is 711 g/mol. The van der Waals surface area contributed by atoms with Gasteiger partial charge >= 0.3 is 0 Å². The van der Waals surface area contributed by atoms with Crippen molar-refractivity contribution >= 4 is 27.8 Å². The Labute approximate surface area is 346 Å². The minimum Gasteiger partial charge on any atom is -0.311 e. The number of hydrogen-bond donors (Lipinski definition) is 0. The van der Waals surface area contributed by atoms with Gasteiger partial charge in [-0.05, 0) is 120 Å². The second kappa shape index (κ2) is 16.0. The molecule has 1 heteroatoms. The van der Waals surface area contributed by atoms with Gasteiger partial charge in [0.25, 0.3) is 0 Å². The van der Waals surface area contributed by atoms with Gasteiger partial charge in [0.1, 0.15) is 0 Å². The zero-order valence-corrected chi connectivity index (χ0v) is 32.6. The van der Waals surface area contributed by atoms with Crippen LogP contribution in [0.15, 0.2) is 249 Å². The number of fused-ring (bicyclic) bond motifs is 1. The van der Waals surface area contributed by atoms with Crippen molar-refractivity contribution < 1.29 is 0 Å². The first kappa shape index (κ1) is 35.7. The molecule has 0 radical (unpaired) electrons. The molecule has 0 N–H and O–H groups in total. The Kier molecular flexibility index (Phi) is 9.68. The maximum Gasteiger partial charge on any atom is 0.0462 e. The van der Waals surface area contributed by atoms with Crippen molar-refractivity contribution in [3.8, 4) is 66.8 Å². The maximum atomic E-state index is 2.35. The monoisotopic (exact) mass is 751 g/mol. The van der Waals surface area contributed by atoms with Crippen LogP contribution in [0.5, 0.6) is 0 Å². The summed E-state index contributed by atoms with van der Waals surface area (Å²) in [7, 11) is 0. The fourth-order valence-corrected chi connectivity index (χ4v) is 8.38. The summed E-state index contributed by atoms with van der Waals surface area (Å²) in [5, 5.41) is 2.51. The summed E-state index contributed by atoms with van der Waals surface area (Å²) < 4.78 is 0. The van der Waals surface area contributed by atoms with Gasteiger partial charge in [-0.25, -0.2) is 0 Å². The molecule has 0 saturated heterocycles. The summed E-state index contributed by atoms with van der Waals surface area (Å²) in [6, 6.07) is 89.7. The van der Waals surface area contributed by atoms with E-state index in [1.165, 1.54) is 77.5 Å². The van der Waals surface area contributed by atoms with Gasteiger partial charge in [-0.3, -0.25) is 0 Å². The van der Waals surface area contributed by atoms with Crippen molar-refractivity contribution in [1.29, 1.82) is 0 Å². The lowest BCUT2D eigenvalue weighted by atomic mass is 9.90. The van der Waals surface area contributed by atoms with Crippen molar-refractivity contribution in [2.45, 2.75) is 0 Å². The Hall–Kier alpha value is -7.74. The molecule has 0 spiro atoms. The first-order chi connectivity index (χ1) is 29.3. The molecule has 0 saturated carbocycles. The molecule has 59 heavy (non-hydrogen) atoms. The van der Waals surface area contributed by atoms with Crippen LogP contribution in [0.4, 0.5) is 17.1 Å². The number of rotatable bonds is 9. The average Bonchev–Trinajstić information content (AvgIpc) is 3.33. The standard InChI is InChI=1S/C58H41N/c1-4-15-42(16-5-1)43-29-35-51(36-30-43)59(53-39-33-47(34-40-53)55-26-11-10-25-54(55)45-17-6-2-7-18-45)52-37-31-44(32-38-52)49-23-12-24-50(41-49)57-28-14-22-48-21-13-27-56(58(48)57)46-19-8-3-9-20-46/h1-41H. The molecule has 0 unspecified atom stereocenters. The lowest BCUT2D eigenvalue weighted by molar-refractivity contribution is 1.28. The molecule has 1 nitrogen and oxygen atoms in total. The van der Waals surface area contributed by atoms with Gasteiger partial charge in [0.05, 0.1) is 0 Å². The normalized spacial score (nSPS) is 11.1. The number of hydrogen-bond acceptors (Lipinski definition) is 1. The third kappa shape index (κ3) is 7.23. The van der Waals surface area contributed by atoms with Crippen LogP contribution in [0.2, 0.25) is 0 Å². The minimum atomic E-state index is 1.09. The number of benzene rings is 10. The first-order valence-corrected chi connectivity index (χ1v) is 20.3. The van der Waals surface area contributed by atoms with E-state index < -0.39 is 0 Å². The lowest BCUT2D eigenvalue weighted by Gasteiger charge is -2.26. The van der Waals surface area contributed by atoms with E-state index in [1.807, 2.05) is 0 Å². The summed E-state index contributed by atoms with van der Waals surface area (Å²) in [6.45, 7) is 0. The van der Waals surface area contributed by atoms with E-state index in [2.05, 4.69) is 254 Å². The molecule has 278 valence electrons. The van der Waals surface area contributed by atoms with Gasteiger partial charge in [-0.15, -0.1) is 0 Å². The maximum absolute atomic E-state index is 2.35. The predicted octanol–water partition coefficient (Wildman–Crippen LogP) is 16.3. The third-order valence-corrected chi connectivity index (χ3v) is 11.3. The molecule has 0 aliphatic carbocycles. The topological polar surface area (TPSA) is 3.24 Å². The second-order valence-electron chi connectivity index (χ2n) is 14.9. The zero-order valence-electron chi connectivity index (χ0n) is 32.6. The largest absolute Gasteiger partial charge is 0.311 e. The van der Waals surface area contributed by atoms with Gasteiger partial charge in [0.15, 0.2) is 0 Å². The molecule has 0 fully saturated rings. The molecule has 10 aromatic carbocycles. The van der Waals surface area contributed by atoms with E-state index in [0.29, 0.717) is 0 Å². The van der Waals surface area contributed by atoms with Crippen LogP contribution < -0.4 is 4.90 Å². The molecule has 0 atom stereocenters. The van der Waals surface area contributed by atoms with Crippen LogP contribution >= 0.6 is 0 Å². The Morgan fingerprint density at radius 1 is 0.203 bits per heavy atom. The molecule has 0 amide bonds. The van der Waals surface area contributed by atoms with E-state index in [4.69, 9.17) is 0 Å². The quantitative estimate of drug-likeness (QED) is 0.142. The molecular formula is C58H41N. The predicted molar refractivity (Wildman–Crippen MR) is 251 cm³/mol. The molecule has 0 aromatic heterocycles. The van der Waals surface area contributed by atoms with Crippen LogP contribution in [-0.4, -0.2) is 0 Å². The fourth-order valence-electron chi connectivity index (χ4n) is 8.38. The van der Waals surface area contributed by atoms with E-state index >= 15 is 0 Å². The van der Waals surface area contributed by atoms with Crippen LogP contribution in [0.3, 0.4) is 0 Å². The number of nitrogens with zero attached hydrogens (tertiary/aromatic N) is 1. The van der Waals surface area contributed by atoms with Crippen LogP contribution in [0.25, 0.3) is 77.5 Å². The highest BCUT2D eigenvalue weighted by Gasteiger charge is 2.16. The van der Waals surface area contributed by atoms with E-state index in [-0.39, 0.29) is 0 Å². The number of anilines is 3. The average molecular weight is 752 g/mol. The summed E-state index contributed by atoms with van der Waals surface area (Å²) in [4.78, 5) is 2.35. The van der Waals surface area contributed by atoms with Crippen molar-refractivity contribution in [1.82, 2.24) is 0 Å². The van der Waals surface area contributed by atoms with Crippen LogP contribution in [0.1, 0.15) is 0 Å². The van der Waals surface area contributed by atoms with Gasteiger partial charge in [-0.2, -0.15) is 0 Å². The molecule has 0 aliphatic heterocycles. The first-order valence-electron chi connectivity index (χ1n) is 20.3. The fraction of sp³-hybridized carbons (Fsp3) is 0. The van der Waals surface area contributed by atoms with Crippen LogP contribution in [0, 0.1) is 0 Å². The van der Waals surface area contributed by atoms with Crippen LogP contribution in [-0.2, 0) is 0 Å². The highest BCUT2D eigenvalue weighted by atomic mass is 15.1. The van der Waals surface area contributed by atoms with Crippen molar-refractivity contribution in [2.75, 3.05) is 4.90 Å². The summed E-state index contributed by atoms with van der Waals surface area (Å²) in [5.41, 5.74) is 17.8. The molecule has 10 aromatic rings. The Bertz CT molecular complexity index is 2980. The van der Waals surface area contributed by atoms with Gasteiger partial charge in [0.2, 0.25) is 0 Å². The molecule has 0 bridgehead atoms. The van der Waals surface area contributed by atoms with Crippen molar-refractivity contribution in [2.24, 2.45) is 0 Å². The Morgan fingerprint density at radius 3 is 1.05 bits per heavy atom. The van der Waals surface area contributed by atoms with E-state index in [1.54, 1.807) is 0 Å². The highest BCUT2D eigenvalue weighted by molar-refractivity contribution is 6.06. The van der Waals surface area contributed by atoms with Gasteiger partial charge in [0, 0.05) is 17.1 Å². The SMILES string of the molecule is c1ccc(-c2ccc(N(c3ccc(-c4cccc(-c5cccc6cccc(-c7ccccc7)c56)c4)cc3)c3ccc(-c4ccccc4-c4ccccc4)cc3)cc2)cc1. The van der Waals surface area contributed by atoms with E-state index in [0.717, 1.165) is 17.1 Å². The van der Waals surface area contributed by atoms with Crippen molar-refractivity contribution in [3.05, 3.63) is 249 Å². The smallest absolute Gasteiger partial charge is 0.0462 e. The van der Waals surface area contributed by atoms with Gasteiger partial charge in [-0.1, -0.05) is 206 Å². The summed E-state index contributed by atoms with van der Waals surface area (Å²) in [6.07, 6.45) is 0. The molecule has 0 aliphatic rings. The Morgan fingerprint density at radius 2 is 0.525 bits per heavy atom. The second-order valence-corrected chi connectivity index (χ2v) is 14.9. The third-order valence-electron chi connectivity index (χ3n) is 11.3. The minimum absolute atomic E-state index is 1.09. The molecule has 10 rings (SSSR count). The van der Waals surface area contributed by atoms with Gasteiger partial charge < -0.3 is 4.90 Å². The molecule has 0 heterocycles. The Balaban J connectivity index is 1.01. The lowest BCUT2D eigenvalue weighted by Crippen LogP contribution is -2.09. The highest BCUT2D eigenvalue weighted by Crippen LogP contribution is 2.41. The summed E-state index contributed by atoms with van der Waals surface area (Å²) in [5.74, 6) is 0.